The van der Waals surface area contributed by atoms with Crippen LogP contribution in [0.15, 0.2) is 24.3 Å². The molecule has 1 fully saturated rings. The second-order valence-electron chi connectivity index (χ2n) is 5.19. The fourth-order valence-corrected chi connectivity index (χ4v) is 2.59. The predicted molar refractivity (Wildman–Crippen MR) is 77.3 cm³/mol. The third-order valence-electron chi connectivity index (χ3n) is 3.84. The van der Waals surface area contributed by atoms with E-state index in [9.17, 15) is 10.1 Å². The first-order valence-corrected chi connectivity index (χ1v) is 7.00. The van der Waals surface area contributed by atoms with Crippen LogP contribution in [0, 0.1) is 23.7 Å². The van der Waals surface area contributed by atoms with Gasteiger partial charge in [-0.05, 0) is 44.4 Å². The fraction of sp³-hybridized carbons (Fsp3) is 0.500. The van der Waals surface area contributed by atoms with Crippen LogP contribution in [0.4, 0.5) is 5.69 Å². The number of ether oxygens (including phenoxy) is 1. The van der Waals surface area contributed by atoms with Crippen molar-refractivity contribution in [2.75, 3.05) is 24.7 Å². The van der Waals surface area contributed by atoms with Crippen LogP contribution in [0.25, 0.3) is 0 Å². The van der Waals surface area contributed by atoms with Crippen molar-refractivity contribution >= 4 is 11.6 Å². The molecule has 0 saturated carbocycles. The Bertz CT molecular complexity index is 528. The Hall–Kier alpha value is -1.86. The van der Waals surface area contributed by atoms with Crippen LogP contribution in [0.5, 0.6) is 0 Å². The average molecular weight is 272 g/mol. The molecule has 20 heavy (non-hydrogen) atoms. The van der Waals surface area contributed by atoms with Gasteiger partial charge < -0.3 is 9.64 Å². The van der Waals surface area contributed by atoms with Crippen LogP contribution in [-0.4, -0.2) is 25.7 Å². The largest absolute Gasteiger partial charge is 0.381 e. The van der Waals surface area contributed by atoms with Crippen LogP contribution < -0.4 is 4.90 Å². The summed E-state index contributed by atoms with van der Waals surface area (Å²) < 4.78 is 5.29. The minimum atomic E-state index is -0.933. The van der Waals surface area contributed by atoms with E-state index in [1.807, 2.05) is 38.1 Å². The molecule has 0 spiro atoms. The smallest absolute Gasteiger partial charge is 0.247 e. The molecule has 0 bridgehead atoms. The van der Waals surface area contributed by atoms with Crippen molar-refractivity contribution < 1.29 is 9.53 Å². The molecule has 4 nitrogen and oxygen atoms in total. The second-order valence-corrected chi connectivity index (χ2v) is 5.19. The van der Waals surface area contributed by atoms with Gasteiger partial charge in [0, 0.05) is 25.4 Å². The van der Waals surface area contributed by atoms with E-state index in [1.165, 1.54) is 0 Å². The minimum Gasteiger partial charge on any atom is -0.381 e. The molecule has 0 radical (unpaired) electrons. The summed E-state index contributed by atoms with van der Waals surface area (Å²) in [6.07, 6.45) is 0.954. The third-order valence-corrected chi connectivity index (χ3v) is 3.84. The van der Waals surface area contributed by atoms with E-state index in [0.717, 1.165) is 11.3 Å². The minimum absolute atomic E-state index is 0.101. The monoisotopic (exact) mass is 272 g/mol. The quantitative estimate of drug-likeness (QED) is 0.850. The number of anilines is 1. The number of rotatable bonds is 3. The molecule has 0 unspecified atom stereocenters. The zero-order chi connectivity index (χ0) is 14.6. The number of hydrogen-bond acceptors (Lipinski definition) is 3. The highest BCUT2D eigenvalue weighted by molar-refractivity contribution is 5.99. The lowest BCUT2D eigenvalue weighted by Crippen LogP contribution is -2.46. The summed E-state index contributed by atoms with van der Waals surface area (Å²) in [4.78, 5) is 14.6. The highest BCUT2D eigenvalue weighted by atomic mass is 16.5. The number of amides is 1. The maximum atomic E-state index is 12.8. The molecule has 1 aliphatic heterocycles. The summed E-state index contributed by atoms with van der Waals surface area (Å²) in [6.45, 7) is 5.45. The first-order valence-electron chi connectivity index (χ1n) is 7.00. The molecule has 1 aromatic rings. The van der Waals surface area contributed by atoms with Crippen LogP contribution in [0.1, 0.15) is 25.3 Å². The molecule has 2 rings (SSSR count). The molecule has 0 atom stereocenters. The van der Waals surface area contributed by atoms with Crippen LogP contribution in [0.3, 0.4) is 0 Å². The summed E-state index contributed by atoms with van der Waals surface area (Å²) in [7, 11) is 0. The molecule has 106 valence electrons. The Kier molecular flexibility index (Phi) is 4.41. The molecule has 1 saturated heterocycles. The summed E-state index contributed by atoms with van der Waals surface area (Å²) in [5.41, 5.74) is 1.03. The van der Waals surface area contributed by atoms with E-state index in [4.69, 9.17) is 4.74 Å². The van der Waals surface area contributed by atoms with Crippen LogP contribution in [0.2, 0.25) is 0 Å². The molecular weight excluding hydrogens is 252 g/mol. The molecule has 1 heterocycles. The molecule has 1 aromatic carbocycles. The maximum absolute atomic E-state index is 12.8. The van der Waals surface area contributed by atoms with Crippen LogP contribution >= 0.6 is 0 Å². The molecule has 1 amide bonds. The van der Waals surface area contributed by atoms with E-state index >= 15 is 0 Å². The highest BCUT2D eigenvalue weighted by Gasteiger charge is 2.43. The zero-order valence-electron chi connectivity index (χ0n) is 12.1. The highest BCUT2D eigenvalue weighted by Crippen LogP contribution is 2.33. The number of nitriles is 1. The van der Waals surface area contributed by atoms with Gasteiger partial charge in [0.05, 0.1) is 6.07 Å². The van der Waals surface area contributed by atoms with E-state index in [0.29, 0.717) is 32.6 Å². The number of carbonyl (C=O) groups is 1. The van der Waals surface area contributed by atoms with E-state index < -0.39 is 5.41 Å². The number of aryl methyl sites for hydroxylation is 1. The van der Waals surface area contributed by atoms with E-state index in [1.54, 1.807) is 4.90 Å². The van der Waals surface area contributed by atoms with Crippen molar-refractivity contribution in [3.63, 3.8) is 0 Å². The van der Waals surface area contributed by atoms with Gasteiger partial charge in [0.15, 0.2) is 0 Å². The molecule has 0 aliphatic carbocycles. The molecule has 1 aliphatic rings. The predicted octanol–water partition coefficient (Wildman–Crippen LogP) is 2.67. The summed E-state index contributed by atoms with van der Waals surface area (Å²) in [6, 6.07) is 10.1. The first kappa shape index (κ1) is 14.5. The van der Waals surface area contributed by atoms with Gasteiger partial charge in [-0.25, -0.2) is 0 Å². The normalized spacial score (nSPS) is 17.2. The van der Waals surface area contributed by atoms with Gasteiger partial charge in [-0.3, -0.25) is 4.79 Å². The molecule has 0 N–H and O–H groups in total. The van der Waals surface area contributed by atoms with Gasteiger partial charge in [-0.15, -0.1) is 0 Å². The topological polar surface area (TPSA) is 53.3 Å². The van der Waals surface area contributed by atoms with Gasteiger partial charge in [0.2, 0.25) is 5.91 Å². The Balaban J connectivity index is 2.31. The zero-order valence-corrected chi connectivity index (χ0v) is 12.1. The van der Waals surface area contributed by atoms with Gasteiger partial charge in [0.1, 0.15) is 5.41 Å². The molecule has 0 aromatic heterocycles. The van der Waals surface area contributed by atoms with E-state index in [-0.39, 0.29) is 5.91 Å². The standard InChI is InChI=1S/C16H20N2O2/c1-3-18(14-6-4-5-13(2)11-14)15(19)16(12-17)7-9-20-10-8-16/h4-6,11H,3,7-10H2,1-2H3. The fourth-order valence-electron chi connectivity index (χ4n) is 2.59. The Labute approximate surface area is 120 Å². The van der Waals surface area contributed by atoms with Gasteiger partial charge in [0.25, 0.3) is 0 Å². The van der Waals surface area contributed by atoms with Gasteiger partial charge in [-0.1, -0.05) is 12.1 Å². The lowest BCUT2D eigenvalue weighted by molar-refractivity contribution is -0.129. The summed E-state index contributed by atoms with van der Waals surface area (Å²) in [5.74, 6) is -0.101. The number of benzene rings is 1. The van der Waals surface area contributed by atoms with Crippen molar-refractivity contribution in [1.82, 2.24) is 0 Å². The summed E-state index contributed by atoms with van der Waals surface area (Å²) in [5, 5.41) is 9.50. The average Bonchev–Trinajstić information content (AvgIpc) is 2.48. The molecule has 4 heteroatoms. The van der Waals surface area contributed by atoms with Crippen molar-refractivity contribution in [3.8, 4) is 6.07 Å². The lowest BCUT2D eigenvalue weighted by Gasteiger charge is -2.34. The van der Waals surface area contributed by atoms with Gasteiger partial charge >= 0.3 is 0 Å². The maximum Gasteiger partial charge on any atom is 0.247 e. The Morgan fingerprint density at radius 3 is 2.70 bits per heavy atom. The van der Waals surface area contributed by atoms with Gasteiger partial charge in [-0.2, -0.15) is 5.26 Å². The van der Waals surface area contributed by atoms with Crippen molar-refractivity contribution in [1.29, 1.82) is 5.26 Å². The number of hydrogen-bond donors (Lipinski definition) is 0. The number of nitrogens with zero attached hydrogens (tertiary/aromatic N) is 2. The van der Waals surface area contributed by atoms with E-state index in [2.05, 4.69) is 6.07 Å². The lowest BCUT2D eigenvalue weighted by atomic mass is 9.80. The summed E-state index contributed by atoms with van der Waals surface area (Å²) >= 11 is 0. The van der Waals surface area contributed by atoms with Crippen molar-refractivity contribution in [3.05, 3.63) is 29.8 Å². The second kappa shape index (κ2) is 6.06. The Morgan fingerprint density at radius 1 is 1.45 bits per heavy atom. The molecular formula is C16H20N2O2. The van der Waals surface area contributed by atoms with Crippen molar-refractivity contribution in [2.24, 2.45) is 5.41 Å². The van der Waals surface area contributed by atoms with Crippen molar-refractivity contribution in [2.45, 2.75) is 26.7 Å². The Morgan fingerprint density at radius 2 is 2.15 bits per heavy atom. The SMILES string of the molecule is CCN(C(=O)C1(C#N)CCOCC1)c1cccc(C)c1. The van der Waals surface area contributed by atoms with Crippen LogP contribution in [-0.2, 0) is 9.53 Å². The third kappa shape index (κ3) is 2.68. The number of carbonyl (C=O) groups excluding carboxylic acids is 1. The first-order chi connectivity index (χ1) is 9.63.